The summed E-state index contributed by atoms with van der Waals surface area (Å²) in [5.41, 5.74) is 5.58. The Morgan fingerprint density at radius 1 is 0.833 bits per heavy atom. The van der Waals surface area contributed by atoms with Gasteiger partial charge < -0.3 is 4.90 Å². The van der Waals surface area contributed by atoms with Gasteiger partial charge in [-0.15, -0.1) is 0 Å². The minimum atomic E-state index is 0.601. The highest BCUT2D eigenvalue weighted by Crippen LogP contribution is 2.39. The molecule has 4 aromatic rings. The first-order valence-corrected chi connectivity index (χ1v) is 9.75. The minimum absolute atomic E-state index is 0.601. The molecule has 0 aliphatic heterocycles. The van der Waals surface area contributed by atoms with E-state index in [1.54, 1.807) is 0 Å². The summed E-state index contributed by atoms with van der Waals surface area (Å²) >= 11 is 0. The van der Waals surface area contributed by atoms with Crippen molar-refractivity contribution in [2.24, 2.45) is 0 Å². The Kier molecular flexibility index (Phi) is 4.97. The summed E-state index contributed by atoms with van der Waals surface area (Å²) in [6.45, 7) is 9.77. The summed E-state index contributed by atoms with van der Waals surface area (Å²) in [4.78, 5) is 5.90. The van der Waals surface area contributed by atoms with Crippen molar-refractivity contribution in [3.63, 3.8) is 0 Å². The topological polar surface area (TPSA) is 31.4 Å². The van der Waals surface area contributed by atoms with Gasteiger partial charge in [0.05, 0.1) is 12.1 Å². The number of anilines is 1. The van der Waals surface area contributed by atoms with E-state index in [2.05, 4.69) is 46.2 Å². The predicted octanol–water partition coefficient (Wildman–Crippen LogP) is 6.96. The van der Waals surface area contributed by atoms with Crippen LogP contribution in [0.2, 0.25) is 0 Å². The van der Waals surface area contributed by atoms with E-state index in [1.807, 2.05) is 63.5 Å². The monoisotopic (exact) mass is 387 g/mol. The lowest BCUT2D eigenvalue weighted by molar-refractivity contribution is 1.13. The van der Waals surface area contributed by atoms with Gasteiger partial charge in [0.1, 0.15) is 6.07 Å². The summed E-state index contributed by atoms with van der Waals surface area (Å²) in [7, 11) is 4.05. The van der Waals surface area contributed by atoms with Gasteiger partial charge in [-0.05, 0) is 51.7 Å². The number of hydrogen-bond acceptors (Lipinski definition) is 2. The SMILES string of the molecule is [C-]#[N+]c1c2ccc(C)cc2c(C#N)c2ccc(C=Cc3ccc(N(C)C)cc3)cc12. The molecule has 0 radical (unpaired) electrons. The molecular formula is C27H21N3. The second kappa shape index (κ2) is 7.74. The fourth-order valence-corrected chi connectivity index (χ4v) is 3.76. The molecular weight excluding hydrogens is 366 g/mol. The highest BCUT2D eigenvalue weighted by Gasteiger charge is 2.14. The Morgan fingerprint density at radius 2 is 1.50 bits per heavy atom. The molecule has 0 aliphatic rings. The third-order valence-corrected chi connectivity index (χ3v) is 5.37. The molecule has 3 nitrogen and oxygen atoms in total. The van der Waals surface area contributed by atoms with E-state index in [9.17, 15) is 5.26 Å². The number of benzene rings is 4. The molecule has 0 atom stereocenters. The van der Waals surface area contributed by atoms with Gasteiger partial charge in [0, 0.05) is 19.8 Å². The molecule has 0 aromatic heterocycles. The van der Waals surface area contributed by atoms with E-state index < -0.39 is 0 Å². The number of aryl methyl sites for hydroxylation is 1. The number of nitrogens with zero attached hydrogens (tertiary/aromatic N) is 3. The van der Waals surface area contributed by atoms with Gasteiger partial charge in [-0.1, -0.05) is 66.2 Å². The fraction of sp³-hybridized carbons (Fsp3) is 0.111. The van der Waals surface area contributed by atoms with E-state index >= 15 is 0 Å². The quantitative estimate of drug-likeness (QED) is 0.216. The van der Waals surface area contributed by atoms with Crippen LogP contribution in [0.25, 0.3) is 38.5 Å². The molecule has 0 saturated carbocycles. The predicted molar refractivity (Wildman–Crippen MR) is 127 cm³/mol. The van der Waals surface area contributed by atoms with Crippen LogP contribution in [0.1, 0.15) is 22.3 Å². The van der Waals surface area contributed by atoms with Crippen molar-refractivity contribution in [2.45, 2.75) is 6.92 Å². The van der Waals surface area contributed by atoms with Crippen LogP contribution in [0.4, 0.5) is 11.4 Å². The maximum atomic E-state index is 9.83. The van der Waals surface area contributed by atoms with Crippen molar-refractivity contribution in [1.82, 2.24) is 0 Å². The summed E-state index contributed by atoms with van der Waals surface area (Å²) in [5, 5.41) is 13.2. The molecule has 0 heterocycles. The number of fused-ring (bicyclic) bond motifs is 2. The van der Waals surface area contributed by atoms with Crippen LogP contribution in [0.15, 0.2) is 60.7 Å². The van der Waals surface area contributed by atoms with Gasteiger partial charge in [0.2, 0.25) is 5.69 Å². The van der Waals surface area contributed by atoms with Gasteiger partial charge in [-0.25, -0.2) is 4.85 Å². The second-order valence-corrected chi connectivity index (χ2v) is 7.62. The Morgan fingerprint density at radius 3 is 2.17 bits per heavy atom. The van der Waals surface area contributed by atoms with E-state index in [1.165, 1.54) is 0 Å². The molecule has 4 aromatic carbocycles. The smallest absolute Gasteiger partial charge is 0.202 e. The van der Waals surface area contributed by atoms with Gasteiger partial charge in [0.25, 0.3) is 0 Å². The average molecular weight is 387 g/mol. The van der Waals surface area contributed by atoms with Crippen LogP contribution in [0.3, 0.4) is 0 Å². The van der Waals surface area contributed by atoms with Crippen molar-refractivity contribution in [2.75, 3.05) is 19.0 Å². The van der Waals surface area contributed by atoms with Crippen molar-refractivity contribution in [1.29, 1.82) is 5.26 Å². The Balaban J connectivity index is 1.84. The van der Waals surface area contributed by atoms with Crippen LogP contribution in [-0.2, 0) is 0 Å². The van der Waals surface area contributed by atoms with Crippen LogP contribution in [0.5, 0.6) is 0 Å². The number of nitriles is 1. The maximum Gasteiger partial charge on any atom is 0.202 e. The summed E-state index contributed by atoms with van der Waals surface area (Å²) in [6.07, 6.45) is 4.11. The molecule has 0 saturated heterocycles. The van der Waals surface area contributed by atoms with Gasteiger partial charge in [-0.2, -0.15) is 5.26 Å². The van der Waals surface area contributed by atoms with Crippen molar-refractivity contribution < 1.29 is 0 Å². The molecule has 0 aliphatic carbocycles. The van der Waals surface area contributed by atoms with Crippen LogP contribution >= 0.6 is 0 Å². The van der Waals surface area contributed by atoms with Crippen molar-refractivity contribution in [3.05, 3.63) is 94.3 Å². The highest BCUT2D eigenvalue weighted by molar-refractivity contribution is 6.15. The lowest BCUT2D eigenvalue weighted by Crippen LogP contribution is -2.07. The van der Waals surface area contributed by atoms with Crippen LogP contribution in [-0.4, -0.2) is 14.1 Å². The van der Waals surface area contributed by atoms with Crippen LogP contribution in [0, 0.1) is 24.8 Å². The zero-order chi connectivity index (χ0) is 21.3. The average Bonchev–Trinajstić information content (AvgIpc) is 2.76. The standard InChI is InChI=1S/C27H21N3/c1-18-5-13-23-24(15-18)26(17-28)22-14-10-20(16-25(22)27(23)29-2)7-6-19-8-11-21(12-9-19)30(3)4/h5-16H,1,3-4H3. The first kappa shape index (κ1) is 19.2. The summed E-state index contributed by atoms with van der Waals surface area (Å²) < 4.78 is 0. The molecule has 0 fully saturated rings. The van der Waals surface area contributed by atoms with E-state index in [0.717, 1.165) is 43.9 Å². The molecule has 0 bridgehead atoms. The number of hydrogen-bond donors (Lipinski definition) is 0. The zero-order valence-electron chi connectivity index (χ0n) is 17.3. The van der Waals surface area contributed by atoms with Gasteiger partial charge >= 0.3 is 0 Å². The van der Waals surface area contributed by atoms with Gasteiger partial charge in [0.15, 0.2) is 0 Å². The Labute approximate surface area is 176 Å². The maximum absolute atomic E-state index is 9.83. The molecule has 0 amide bonds. The largest absolute Gasteiger partial charge is 0.378 e. The number of rotatable bonds is 3. The van der Waals surface area contributed by atoms with E-state index in [-0.39, 0.29) is 0 Å². The molecule has 3 heteroatoms. The lowest BCUT2D eigenvalue weighted by Gasteiger charge is -2.12. The first-order valence-electron chi connectivity index (χ1n) is 9.75. The molecule has 0 spiro atoms. The minimum Gasteiger partial charge on any atom is -0.378 e. The first-order chi connectivity index (χ1) is 14.5. The lowest BCUT2D eigenvalue weighted by atomic mass is 9.93. The summed E-state index contributed by atoms with van der Waals surface area (Å²) in [6, 6.07) is 22.6. The summed E-state index contributed by atoms with van der Waals surface area (Å²) in [5.74, 6) is 0. The molecule has 4 rings (SSSR count). The Hall–Kier alpha value is -4.08. The molecule has 30 heavy (non-hydrogen) atoms. The molecule has 144 valence electrons. The normalized spacial score (nSPS) is 11.0. The molecule has 0 N–H and O–H groups in total. The molecule has 0 unspecified atom stereocenters. The highest BCUT2D eigenvalue weighted by atomic mass is 15.1. The van der Waals surface area contributed by atoms with Crippen molar-refractivity contribution in [3.8, 4) is 6.07 Å². The third-order valence-electron chi connectivity index (χ3n) is 5.37. The van der Waals surface area contributed by atoms with Crippen LogP contribution < -0.4 is 4.90 Å². The van der Waals surface area contributed by atoms with Gasteiger partial charge in [-0.3, -0.25) is 0 Å². The zero-order valence-corrected chi connectivity index (χ0v) is 17.3. The van der Waals surface area contributed by atoms with E-state index in [0.29, 0.717) is 11.3 Å². The Bertz CT molecular complexity index is 1380. The van der Waals surface area contributed by atoms with E-state index in [4.69, 9.17) is 6.57 Å². The second-order valence-electron chi connectivity index (χ2n) is 7.62. The van der Waals surface area contributed by atoms with Crippen molar-refractivity contribution >= 4 is 45.1 Å². The third kappa shape index (κ3) is 3.39. The fourth-order valence-electron chi connectivity index (χ4n) is 3.76.